The van der Waals surface area contributed by atoms with Crippen molar-refractivity contribution in [1.82, 2.24) is 9.13 Å². The van der Waals surface area contributed by atoms with E-state index in [4.69, 9.17) is 13.7 Å². The number of benzene rings is 8. The Morgan fingerprint density at radius 3 is 1.58 bits per heavy atom. The third kappa shape index (κ3) is 4.36. The first kappa shape index (κ1) is 20.0. The minimum Gasteiger partial charge on any atom is -0.309 e. The lowest BCUT2D eigenvalue weighted by molar-refractivity contribution is 1.17. The Balaban J connectivity index is 1.33. The molecule has 0 saturated carbocycles. The molecule has 0 spiro atoms. The van der Waals surface area contributed by atoms with Gasteiger partial charge in [-0.3, -0.25) is 0 Å². The van der Waals surface area contributed by atoms with Crippen molar-refractivity contribution in [3.05, 3.63) is 194 Å². The minimum atomic E-state index is -0.536. The highest BCUT2D eigenvalue weighted by Crippen LogP contribution is 2.46. The molecule has 0 N–H and O–H groups in total. The molecule has 0 radical (unpaired) electrons. The van der Waals surface area contributed by atoms with Crippen LogP contribution < -0.4 is 0 Å². The molecule has 0 atom stereocenters. The molecule has 2 nitrogen and oxygen atoms in total. The van der Waals surface area contributed by atoms with E-state index in [0.717, 1.165) is 55.0 Å². The van der Waals surface area contributed by atoms with E-state index in [2.05, 4.69) is 51.6 Å². The van der Waals surface area contributed by atoms with Gasteiger partial charge in [-0.15, -0.1) is 0 Å². The van der Waals surface area contributed by atoms with Crippen molar-refractivity contribution in [2.24, 2.45) is 0 Å². The Labute approximate surface area is 304 Å². The van der Waals surface area contributed by atoms with Crippen molar-refractivity contribution in [3.8, 4) is 44.8 Å². The lowest BCUT2D eigenvalue weighted by Gasteiger charge is -2.18. The van der Waals surface area contributed by atoms with Crippen molar-refractivity contribution in [1.29, 1.82) is 0 Å². The largest absolute Gasteiger partial charge is 0.309 e. The Bertz CT molecular complexity index is 3300. The number of para-hydroxylation sites is 3. The molecule has 0 bridgehead atoms. The van der Waals surface area contributed by atoms with Crippen molar-refractivity contribution in [3.63, 3.8) is 0 Å². The molecule has 50 heavy (non-hydrogen) atoms. The van der Waals surface area contributed by atoms with Crippen LogP contribution in [0.5, 0.6) is 0 Å². The molecule has 2 heteroatoms. The topological polar surface area (TPSA) is 9.86 Å². The van der Waals surface area contributed by atoms with Gasteiger partial charge in [0.2, 0.25) is 0 Å². The van der Waals surface area contributed by atoms with Crippen LogP contribution in [-0.4, -0.2) is 9.13 Å². The molecule has 0 unspecified atom stereocenters. The van der Waals surface area contributed by atoms with E-state index in [9.17, 15) is 0 Å². The van der Waals surface area contributed by atoms with Gasteiger partial charge < -0.3 is 9.13 Å². The van der Waals surface area contributed by atoms with Crippen molar-refractivity contribution in [2.45, 2.75) is 0 Å². The summed E-state index contributed by atoms with van der Waals surface area (Å²) in [5.74, 6) is 0. The van der Waals surface area contributed by atoms with E-state index >= 15 is 0 Å². The highest BCUT2D eigenvalue weighted by molar-refractivity contribution is 6.18. The van der Waals surface area contributed by atoms with Gasteiger partial charge in [-0.05, 0) is 81.9 Å². The molecule has 0 aliphatic carbocycles. The second-order valence-corrected chi connectivity index (χ2v) is 12.2. The van der Waals surface area contributed by atoms with Gasteiger partial charge in [-0.25, -0.2) is 0 Å². The first-order valence-electron chi connectivity index (χ1n) is 21.4. The fraction of sp³-hybridized carbons (Fsp3) is 0. The van der Waals surface area contributed by atoms with Gasteiger partial charge in [0.25, 0.3) is 0 Å². The average Bonchev–Trinajstić information content (AvgIpc) is 3.79. The molecule has 234 valence electrons. The van der Waals surface area contributed by atoms with E-state index in [1.54, 1.807) is 18.2 Å². The molecule has 0 fully saturated rings. The maximum atomic E-state index is 9.04. The monoisotopic (exact) mass is 646 g/mol. The molecule has 0 aliphatic heterocycles. The Morgan fingerprint density at radius 2 is 0.880 bits per heavy atom. The van der Waals surface area contributed by atoms with Gasteiger partial charge >= 0.3 is 0 Å². The van der Waals surface area contributed by atoms with Crippen LogP contribution in [0.15, 0.2) is 194 Å². The number of hydrogen-bond acceptors (Lipinski definition) is 0. The van der Waals surface area contributed by atoms with Crippen LogP contribution in [0.4, 0.5) is 0 Å². The summed E-state index contributed by atoms with van der Waals surface area (Å²) < 4.78 is 91.6. The fourth-order valence-electron chi connectivity index (χ4n) is 7.49. The zero-order valence-electron chi connectivity index (χ0n) is 36.6. The number of rotatable bonds is 5. The summed E-state index contributed by atoms with van der Waals surface area (Å²) in [7, 11) is 0. The van der Waals surface area contributed by atoms with Crippen LogP contribution in [0.3, 0.4) is 0 Å². The molecule has 2 heterocycles. The van der Waals surface area contributed by atoms with Crippen LogP contribution in [0.1, 0.15) is 13.7 Å². The summed E-state index contributed by atoms with van der Waals surface area (Å²) in [6.07, 6.45) is 0. The number of nitrogens with zero attached hydrogens (tertiary/aromatic N) is 2. The molecule has 0 amide bonds. The van der Waals surface area contributed by atoms with E-state index in [-0.39, 0.29) is 22.3 Å². The first-order chi connectivity index (χ1) is 29.0. The van der Waals surface area contributed by atoms with Crippen LogP contribution >= 0.6 is 0 Å². The molecular weight excluding hydrogens is 605 g/mol. The lowest BCUT2D eigenvalue weighted by Crippen LogP contribution is -1.96. The van der Waals surface area contributed by atoms with E-state index in [1.807, 2.05) is 72.8 Å². The predicted molar refractivity (Wildman–Crippen MR) is 211 cm³/mol. The van der Waals surface area contributed by atoms with Gasteiger partial charge in [-0.1, -0.05) is 145 Å². The quantitative estimate of drug-likeness (QED) is 0.176. The third-order valence-electron chi connectivity index (χ3n) is 9.50. The van der Waals surface area contributed by atoms with Gasteiger partial charge in [0.1, 0.15) is 0 Å². The second-order valence-electron chi connectivity index (χ2n) is 12.2. The summed E-state index contributed by atoms with van der Waals surface area (Å²) in [5.41, 5.74) is 7.10. The van der Waals surface area contributed by atoms with Crippen molar-refractivity contribution in [2.75, 3.05) is 0 Å². The van der Waals surface area contributed by atoms with Crippen molar-refractivity contribution < 1.29 is 13.7 Å². The normalized spacial score (nSPS) is 14.4. The second kappa shape index (κ2) is 11.5. The Kier molecular flexibility index (Phi) is 4.60. The number of hydrogen-bond donors (Lipinski definition) is 0. The van der Waals surface area contributed by atoms with E-state index < -0.39 is 60.4 Å². The number of aromatic nitrogens is 2. The first-order valence-corrected chi connectivity index (χ1v) is 16.4. The summed E-state index contributed by atoms with van der Waals surface area (Å²) in [6.45, 7) is 0. The van der Waals surface area contributed by atoms with Gasteiger partial charge in [-0.2, -0.15) is 0 Å². The molecule has 10 aromatic rings. The predicted octanol–water partition coefficient (Wildman–Crippen LogP) is 12.9. The van der Waals surface area contributed by atoms with Gasteiger partial charge in [0.05, 0.1) is 35.8 Å². The minimum absolute atomic E-state index is 0.0637. The smallest absolute Gasteiger partial charge is 0.0629 e. The Morgan fingerprint density at radius 1 is 0.360 bits per heavy atom. The molecular formula is C48H32N2. The zero-order valence-corrected chi connectivity index (χ0v) is 26.6. The van der Waals surface area contributed by atoms with Crippen LogP contribution in [-0.2, 0) is 0 Å². The Hall–Kier alpha value is -6.64. The van der Waals surface area contributed by atoms with E-state index in [1.165, 1.54) is 0 Å². The molecule has 2 aromatic heterocycles. The highest BCUT2D eigenvalue weighted by atomic mass is 15.0. The molecule has 0 aliphatic rings. The fourth-order valence-corrected chi connectivity index (χ4v) is 7.49. The zero-order chi connectivity index (χ0) is 41.7. The van der Waals surface area contributed by atoms with E-state index in [0.29, 0.717) is 11.1 Å². The lowest BCUT2D eigenvalue weighted by atomic mass is 9.86. The highest BCUT2D eigenvalue weighted by Gasteiger charge is 2.21. The standard InChI is InChI=1S/C48H32N2/c1-4-16-33(17-5-1)37-24-14-25-38(34-18-6-2-7-19-34)47(37)41-26-15-29-46-48(41)40-23-11-13-28-44(40)50(46)36-30-31-45-42(32-36)39-22-10-12-27-43(39)49(45)35-20-8-3-9-21-35/h1-32H/i1D,2D,4D,5D,6D,7D,16D,17D,18D,19D. The summed E-state index contributed by atoms with van der Waals surface area (Å²) in [5, 5.41) is 3.78. The van der Waals surface area contributed by atoms with Crippen molar-refractivity contribution >= 4 is 43.6 Å². The average molecular weight is 647 g/mol. The summed E-state index contributed by atoms with van der Waals surface area (Å²) >= 11 is 0. The number of fused-ring (bicyclic) bond motifs is 6. The van der Waals surface area contributed by atoms with Crippen LogP contribution in [0.25, 0.3) is 88.4 Å². The maximum Gasteiger partial charge on any atom is 0.0629 e. The SMILES string of the molecule is [2H]c1c([2H])c([2H])c(-c2cccc(-c3c([2H])c([2H])c([2H])c([2H])c3[2H])c2-c2cccc3c2c2ccccc2n3-c2ccc3c(c2)c2ccccc2n3-c2ccccc2)c([2H])c1[2H]. The molecule has 0 saturated heterocycles. The third-order valence-corrected chi connectivity index (χ3v) is 9.50. The van der Waals surface area contributed by atoms with Crippen LogP contribution in [0, 0.1) is 0 Å². The molecule has 8 aromatic carbocycles. The van der Waals surface area contributed by atoms with Crippen LogP contribution in [0.2, 0.25) is 0 Å². The summed E-state index contributed by atoms with van der Waals surface area (Å²) in [4.78, 5) is 0. The van der Waals surface area contributed by atoms with Gasteiger partial charge in [0.15, 0.2) is 0 Å². The molecule has 10 rings (SSSR count). The maximum absolute atomic E-state index is 9.04. The summed E-state index contributed by atoms with van der Waals surface area (Å²) in [6, 6.07) is 38.9. The van der Waals surface area contributed by atoms with Gasteiger partial charge in [0, 0.05) is 32.9 Å².